The number of hydrogen-bond acceptors (Lipinski definition) is 8. The van der Waals surface area contributed by atoms with Crippen LogP contribution in [0.25, 0.3) is 0 Å². The Bertz CT molecular complexity index is 793. The molecule has 42 heavy (non-hydrogen) atoms. The molecule has 0 aliphatic heterocycles. The van der Waals surface area contributed by atoms with Gasteiger partial charge in [-0.15, -0.1) is 0 Å². The maximum atomic E-state index is 13.2. The Labute approximate surface area is 256 Å². The van der Waals surface area contributed by atoms with Gasteiger partial charge in [-0.05, 0) is 55.1 Å². The molecule has 0 saturated carbocycles. The van der Waals surface area contributed by atoms with Crippen molar-refractivity contribution in [1.82, 2.24) is 34.7 Å². The minimum atomic E-state index is -0.744. The van der Waals surface area contributed by atoms with E-state index in [2.05, 4.69) is 24.9 Å². The standard InChI is InChI=1S/C31H63N7O4/c1-11-13-14-32-30(41)27(25-29(40)37(9)21-19-35(7)17-15-33(3)4)24-28(39)23-26(12-2)31(42)38(10)22-20-36(8)18-16-34(5)6/h26-27H,11-25H2,1-10H3,(H,32,41). The van der Waals surface area contributed by atoms with E-state index in [4.69, 9.17) is 0 Å². The predicted molar refractivity (Wildman–Crippen MR) is 171 cm³/mol. The molecule has 0 aromatic heterocycles. The summed E-state index contributed by atoms with van der Waals surface area (Å²) < 4.78 is 0. The summed E-state index contributed by atoms with van der Waals surface area (Å²) in [5, 5.41) is 2.91. The van der Waals surface area contributed by atoms with Gasteiger partial charge in [0, 0.05) is 98.2 Å². The molecule has 0 heterocycles. The van der Waals surface area contributed by atoms with Gasteiger partial charge in [0.15, 0.2) is 0 Å². The van der Waals surface area contributed by atoms with Crippen LogP contribution in [0.4, 0.5) is 0 Å². The fraction of sp³-hybridized carbons (Fsp3) is 0.871. The molecule has 0 fully saturated rings. The number of carbonyl (C=O) groups excluding carboxylic acids is 4. The molecule has 0 bridgehead atoms. The van der Waals surface area contributed by atoms with Gasteiger partial charge in [-0.1, -0.05) is 20.3 Å². The Morgan fingerprint density at radius 1 is 0.595 bits per heavy atom. The molecule has 246 valence electrons. The first-order valence-corrected chi connectivity index (χ1v) is 15.7. The summed E-state index contributed by atoms with van der Waals surface area (Å²) in [5.41, 5.74) is 0. The Morgan fingerprint density at radius 2 is 1.07 bits per heavy atom. The van der Waals surface area contributed by atoms with Crippen LogP contribution in [0.5, 0.6) is 0 Å². The van der Waals surface area contributed by atoms with E-state index in [1.165, 1.54) is 0 Å². The van der Waals surface area contributed by atoms with E-state index in [0.29, 0.717) is 26.1 Å². The normalized spacial score (nSPS) is 13.1. The molecule has 0 saturated heterocycles. The lowest BCUT2D eigenvalue weighted by atomic mass is 9.90. The van der Waals surface area contributed by atoms with E-state index >= 15 is 0 Å². The molecule has 0 spiro atoms. The zero-order chi connectivity index (χ0) is 32.2. The monoisotopic (exact) mass is 597 g/mol. The number of unbranched alkanes of at least 4 members (excludes halogenated alkanes) is 1. The van der Waals surface area contributed by atoms with Crippen LogP contribution in [-0.4, -0.2) is 168 Å². The molecular formula is C31H63N7O4. The highest BCUT2D eigenvalue weighted by Gasteiger charge is 2.29. The number of Topliss-reactive ketones (excluding diaryl/α,β-unsaturated/α-hetero) is 1. The lowest BCUT2D eigenvalue weighted by Crippen LogP contribution is -2.41. The molecule has 2 atom stereocenters. The zero-order valence-electron chi connectivity index (χ0n) is 28.6. The third-order valence-electron chi connectivity index (χ3n) is 7.71. The quantitative estimate of drug-likeness (QED) is 0.166. The van der Waals surface area contributed by atoms with Gasteiger partial charge in [0.1, 0.15) is 5.78 Å². The van der Waals surface area contributed by atoms with Crippen LogP contribution in [-0.2, 0) is 19.2 Å². The first-order valence-electron chi connectivity index (χ1n) is 15.7. The summed E-state index contributed by atoms with van der Waals surface area (Å²) in [7, 11) is 15.7. The maximum Gasteiger partial charge on any atom is 0.225 e. The summed E-state index contributed by atoms with van der Waals surface area (Å²) in [6, 6.07) is 0. The molecule has 0 aliphatic rings. The molecule has 11 nitrogen and oxygen atoms in total. The van der Waals surface area contributed by atoms with Gasteiger partial charge in [0.05, 0.1) is 5.92 Å². The Hall–Kier alpha value is -2.08. The summed E-state index contributed by atoms with van der Waals surface area (Å²) in [6.07, 6.45) is 2.33. The van der Waals surface area contributed by atoms with Gasteiger partial charge in [0.2, 0.25) is 17.7 Å². The van der Waals surface area contributed by atoms with Crippen LogP contribution in [0.15, 0.2) is 0 Å². The molecule has 0 radical (unpaired) electrons. The molecule has 2 unspecified atom stereocenters. The van der Waals surface area contributed by atoms with E-state index in [-0.39, 0.29) is 42.8 Å². The summed E-state index contributed by atoms with van der Waals surface area (Å²) in [5.74, 6) is -1.80. The first kappa shape index (κ1) is 39.9. The molecule has 0 aliphatic carbocycles. The summed E-state index contributed by atoms with van der Waals surface area (Å²) in [4.78, 5) is 64.4. The van der Waals surface area contributed by atoms with E-state index in [1.54, 1.807) is 23.9 Å². The number of amides is 3. The second-order valence-electron chi connectivity index (χ2n) is 12.4. The third kappa shape index (κ3) is 18.5. The van der Waals surface area contributed by atoms with Crippen molar-refractivity contribution in [2.24, 2.45) is 11.8 Å². The van der Waals surface area contributed by atoms with Crippen molar-refractivity contribution >= 4 is 23.5 Å². The average molecular weight is 598 g/mol. The number of hydrogen-bond donors (Lipinski definition) is 1. The fourth-order valence-electron chi connectivity index (χ4n) is 4.35. The minimum Gasteiger partial charge on any atom is -0.356 e. The Morgan fingerprint density at radius 3 is 1.55 bits per heavy atom. The van der Waals surface area contributed by atoms with Crippen LogP contribution in [0.1, 0.15) is 52.4 Å². The highest BCUT2D eigenvalue weighted by molar-refractivity contribution is 5.92. The Kier molecular flexibility index (Phi) is 21.3. The van der Waals surface area contributed by atoms with Crippen LogP contribution in [0.2, 0.25) is 0 Å². The average Bonchev–Trinajstić information content (AvgIpc) is 2.94. The second-order valence-corrected chi connectivity index (χ2v) is 12.4. The molecule has 0 rings (SSSR count). The third-order valence-corrected chi connectivity index (χ3v) is 7.71. The van der Waals surface area contributed by atoms with Gasteiger partial charge in [-0.3, -0.25) is 19.2 Å². The van der Waals surface area contributed by atoms with E-state index < -0.39 is 11.8 Å². The number of carbonyl (C=O) groups is 4. The topological polar surface area (TPSA) is 99.7 Å². The van der Waals surface area contributed by atoms with Crippen molar-refractivity contribution in [3.8, 4) is 0 Å². The first-order chi connectivity index (χ1) is 19.7. The van der Waals surface area contributed by atoms with Gasteiger partial charge in [-0.25, -0.2) is 0 Å². The number of nitrogens with zero attached hydrogens (tertiary/aromatic N) is 6. The van der Waals surface area contributed by atoms with Gasteiger partial charge in [-0.2, -0.15) is 0 Å². The van der Waals surface area contributed by atoms with Crippen molar-refractivity contribution in [3.05, 3.63) is 0 Å². The van der Waals surface area contributed by atoms with Gasteiger partial charge in [0.25, 0.3) is 0 Å². The molecular weight excluding hydrogens is 534 g/mol. The van der Waals surface area contributed by atoms with Crippen molar-refractivity contribution in [2.45, 2.75) is 52.4 Å². The van der Waals surface area contributed by atoms with Crippen LogP contribution < -0.4 is 5.32 Å². The number of rotatable bonds is 24. The predicted octanol–water partition coefficient (Wildman–Crippen LogP) is 1.19. The highest BCUT2D eigenvalue weighted by atomic mass is 16.2. The zero-order valence-corrected chi connectivity index (χ0v) is 28.6. The number of likely N-dealkylation sites (N-methyl/N-ethyl adjacent to an activating group) is 6. The molecule has 11 heteroatoms. The van der Waals surface area contributed by atoms with Crippen molar-refractivity contribution < 1.29 is 19.2 Å². The van der Waals surface area contributed by atoms with Crippen molar-refractivity contribution in [2.75, 3.05) is 115 Å². The SMILES string of the molecule is CCCCNC(=O)C(CC(=O)CC(CC)C(=O)N(C)CCN(C)CCN(C)C)CC(=O)N(C)CCN(C)CCN(C)C. The van der Waals surface area contributed by atoms with Crippen molar-refractivity contribution in [3.63, 3.8) is 0 Å². The fourth-order valence-corrected chi connectivity index (χ4v) is 4.35. The maximum absolute atomic E-state index is 13.2. The van der Waals surface area contributed by atoms with Crippen LogP contribution >= 0.6 is 0 Å². The van der Waals surface area contributed by atoms with E-state index in [1.807, 2.05) is 56.1 Å². The van der Waals surface area contributed by atoms with Gasteiger partial charge < -0.3 is 34.7 Å². The van der Waals surface area contributed by atoms with E-state index in [0.717, 1.165) is 52.1 Å². The largest absolute Gasteiger partial charge is 0.356 e. The van der Waals surface area contributed by atoms with E-state index in [9.17, 15) is 19.2 Å². The van der Waals surface area contributed by atoms with Crippen LogP contribution in [0, 0.1) is 11.8 Å². The number of nitrogens with one attached hydrogen (secondary N) is 1. The molecule has 1 N–H and O–H groups in total. The lowest BCUT2D eigenvalue weighted by molar-refractivity contribution is -0.139. The molecule has 0 aromatic carbocycles. The van der Waals surface area contributed by atoms with Crippen LogP contribution in [0.3, 0.4) is 0 Å². The summed E-state index contributed by atoms with van der Waals surface area (Å²) >= 11 is 0. The molecule has 0 aromatic rings. The lowest BCUT2D eigenvalue weighted by Gasteiger charge is -2.26. The Balaban J connectivity index is 5.16. The summed E-state index contributed by atoms with van der Waals surface area (Å²) in [6.45, 7) is 10.8. The minimum absolute atomic E-state index is 0.0223. The van der Waals surface area contributed by atoms with Gasteiger partial charge >= 0.3 is 0 Å². The number of ketones is 1. The molecule has 3 amide bonds. The second kappa shape index (κ2) is 22.5. The highest BCUT2D eigenvalue weighted by Crippen LogP contribution is 2.19. The smallest absolute Gasteiger partial charge is 0.225 e. The van der Waals surface area contributed by atoms with Crippen molar-refractivity contribution in [1.29, 1.82) is 0 Å².